The fourth-order valence-corrected chi connectivity index (χ4v) is 2.57. The second kappa shape index (κ2) is 12.8. The average Bonchev–Trinajstić information content (AvgIpc) is 3.06. The first-order valence-corrected chi connectivity index (χ1v) is 9.51. The molecule has 0 fully saturated rings. The van der Waals surface area contributed by atoms with E-state index < -0.39 is 5.60 Å². The minimum absolute atomic E-state index is 0. The number of hydrogen-bond acceptors (Lipinski definition) is 4. The van der Waals surface area contributed by atoms with E-state index in [2.05, 4.69) is 39.5 Å². The summed E-state index contributed by atoms with van der Waals surface area (Å²) in [5.74, 6) is 1.13. The summed E-state index contributed by atoms with van der Waals surface area (Å²) in [6.45, 7) is 12.1. The van der Waals surface area contributed by atoms with E-state index in [0.29, 0.717) is 5.92 Å². The molecule has 0 aromatic carbocycles. The lowest BCUT2D eigenvalue weighted by molar-refractivity contribution is 0.0486. The highest BCUT2D eigenvalue weighted by molar-refractivity contribution is 14.0. The minimum Gasteiger partial charge on any atom is -0.444 e. The van der Waals surface area contributed by atoms with Crippen LogP contribution in [0.4, 0.5) is 4.79 Å². The Kier molecular flexibility index (Phi) is 12.1. The standard InChI is InChI=1S/C19H36N6O2.HI/c1-15(2)16(23-18(26)27-19(3,4)5)9-13-24(7)17(20-6)21-11-14-25-12-8-10-22-25;/h8,10,12,15-16H,9,11,13-14H2,1-7H3,(H,20,21)(H,23,26);1H. The average molecular weight is 508 g/mol. The predicted molar refractivity (Wildman–Crippen MR) is 124 cm³/mol. The molecule has 1 aromatic rings. The molecule has 0 spiro atoms. The Morgan fingerprint density at radius 1 is 1.36 bits per heavy atom. The largest absolute Gasteiger partial charge is 0.444 e. The van der Waals surface area contributed by atoms with Gasteiger partial charge >= 0.3 is 6.09 Å². The number of rotatable bonds is 8. The van der Waals surface area contributed by atoms with Crippen molar-refractivity contribution in [2.75, 3.05) is 27.2 Å². The number of hydrogen-bond donors (Lipinski definition) is 2. The number of aliphatic imine (C=N–C) groups is 1. The van der Waals surface area contributed by atoms with E-state index in [0.717, 1.165) is 32.0 Å². The normalized spacial score (nSPS) is 12.9. The van der Waals surface area contributed by atoms with Gasteiger partial charge in [-0.15, -0.1) is 24.0 Å². The Hall–Kier alpha value is -1.52. The summed E-state index contributed by atoms with van der Waals surface area (Å²) in [6, 6.07) is 1.94. The van der Waals surface area contributed by atoms with E-state index in [9.17, 15) is 4.79 Å². The van der Waals surface area contributed by atoms with E-state index >= 15 is 0 Å². The maximum Gasteiger partial charge on any atom is 0.407 e. The van der Waals surface area contributed by atoms with Crippen molar-refractivity contribution >= 4 is 36.0 Å². The van der Waals surface area contributed by atoms with Gasteiger partial charge < -0.3 is 20.3 Å². The monoisotopic (exact) mass is 508 g/mol. The van der Waals surface area contributed by atoms with E-state index in [1.807, 2.05) is 44.8 Å². The van der Waals surface area contributed by atoms with Crippen LogP contribution in [-0.4, -0.2) is 65.6 Å². The van der Waals surface area contributed by atoms with Gasteiger partial charge in [-0.1, -0.05) is 13.8 Å². The number of nitrogens with one attached hydrogen (secondary N) is 2. The van der Waals surface area contributed by atoms with Crippen LogP contribution in [0.25, 0.3) is 0 Å². The third-order valence-corrected chi connectivity index (χ3v) is 4.04. The molecule has 0 radical (unpaired) electrons. The van der Waals surface area contributed by atoms with Crippen LogP contribution in [0.1, 0.15) is 41.0 Å². The lowest BCUT2D eigenvalue weighted by Crippen LogP contribution is -2.45. The number of guanidine groups is 1. The van der Waals surface area contributed by atoms with Gasteiger partial charge in [-0.3, -0.25) is 9.67 Å². The zero-order chi connectivity index (χ0) is 20.4. The molecular weight excluding hydrogens is 471 g/mol. The molecular formula is C19H37IN6O2. The third kappa shape index (κ3) is 10.7. The summed E-state index contributed by atoms with van der Waals surface area (Å²) in [5, 5.41) is 10.5. The van der Waals surface area contributed by atoms with Crippen molar-refractivity contribution in [1.29, 1.82) is 0 Å². The summed E-state index contributed by atoms with van der Waals surface area (Å²) in [5.41, 5.74) is -0.497. The van der Waals surface area contributed by atoms with Gasteiger partial charge in [0.2, 0.25) is 0 Å². The molecule has 1 aromatic heterocycles. The van der Waals surface area contributed by atoms with Gasteiger partial charge in [-0.05, 0) is 39.2 Å². The summed E-state index contributed by atoms with van der Waals surface area (Å²) >= 11 is 0. The first-order valence-electron chi connectivity index (χ1n) is 9.51. The van der Waals surface area contributed by atoms with Gasteiger partial charge in [-0.2, -0.15) is 5.10 Å². The molecule has 2 N–H and O–H groups in total. The number of nitrogens with zero attached hydrogens (tertiary/aromatic N) is 4. The fourth-order valence-electron chi connectivity index (χ4n) is 2.57. The molecule has 1 atom stereocenters. The molecule has 9 heteroatoms. The smallest absolute Gasteiger partial charge is 0.407 e. The molecule has 0 aliphatic heterocycles. The minimum atomic E-state index is -0.497. The van der Waals surface area contributed by atoms with E-state index in [4.69, 9.17) is 4.74 Å². The predicted octanol–water partition coefficient (Wildman–Crippen LogP) is 2.95. The maximum absolute atomic E-state index is 12.1. The summed E-state index contributed by atoms with van der Waals surface area (Å²) in [6.07, 6.45) is 4.13. The van der Waals surface area contributed by atoms with Crippen molar-refractivity contribution in [1.82, 2.24) is 25.3 Å². The fraction of sp³-hybridized carbons (Fsp3) is 0.737. The number of carbonyl (C=O) groups excluding carboxylic acids is 1. The Morgan fingerprint density at radius 3 is 2.54 bits per heavy atom. The topological polar surface area (TPSA) is 83.8 Å². The van der Waals surface area contributed by atoms with Crippen LogP contribution in [0.3, 0.4) is 0 Å². The lowest BCUT2D eigenvalue weighted by atomic mass is 10.0. The summed E-state index contributed by atoms with van der Waals surface area (Å²) in [4.78, 5) is 18.5. The second-order valence-corrected chi connectivity index (χ2v) is 7.95. The van der Waals surface area contributed by atoms with Gasteiger partial charge in [0.25, 0.3) is 0 Å². The van der Waals surface area contributed by atoms with Crippen molar-refractivity contribution < 1.29 is 9.53 Å². The van der Waals surface area contributed by atoms with Crippen molar-refractivity contribution in [2.45, 2.75) is 59.2 Å². The zero-order valence-corrected chi connectivity index (χ0v) is 20.6. The molecule has 1 rings (SSSR count). The Balaban J connectivity index is 0.00000729. The van der Waals surface area contributed by atoms with E-state index in [1.165, 1.54) is 0 Å². The van der Waals surface area contributed by atoms with Gasteiger partial charge in [0, 0.05) is 45.6 Å². The molecule has 1 amide bonds. The Labute approximate surface area is 186 Å². The Bertz CT molecular complexity index is 584. The van der Waals surface area contributed by atoms with Crippen LogP contribution in [0.5, 0.6) is 0 Å². The second-order valence-electron chi connectivity index (χ2n) is 7.95. The molecule has 1 heterocycles. The zero-order valence-electron chi connectivity index (χ0n) is 18.2. The van der Waals surface area contributed by atoms with E-state index in [1.54, 1.807) is 13.2 Å². The molecule has 1 unspecified atom stereocenters. The number of aromatic nitrogens is 2. The van der Waals surface area contributed by atoms with Crippen LogP contribution in [0.2, 0.25) is 0 Å². The summed E-state index contributed by atoms with van der Waals surface area (Å²) in [7, 11) is 3.76. The van der Waals surface area contributed by atoms with Crippen LogP contribution >= 0.6 is 24.0 Å². The molecule has 8 nitrogen and oxygen atoms in total. The first-order chi connectivity index (χ1) is 12.6. The molecule has 0 aliphatic rings. The number of amides is 1. The van der Waals surface area contributed by atoms with Crippen molar-refractivity contribution in [3.05, 3.63) is 18.5 Å². The molecule has 0 bridgehead atoms. The summed E-state index contributed by atoms with van der Waals surface area (Å²) < 4.78 is 7.25. The maximum atomic E-state index is 12.1. The number of halogens is 1. The molecule has 28 heavy (non-hydrogen) atoms. The third-order valence-electron chi connectivity index (χ3n) is 4.04. The molecule has 0 aliphatic carbocycles. The Morgan fingerprint density at radius 2 is 2.04 bits per heavy atom. The van der Waals surface area contributed by atoms with Crippen LogP contribution in [0.15, 0.2) is 23.5 Å². The number of alkyl carbamates (subject to hydrolysis) is 1. The highest BCUT2D eigenvalue weighted by atomic mass is 127. The highest BCUT2D eigenvalue weighted by Gasteiger charge is 2.22. The quantitative estimate of drug-likeness (QED) is 0.321. The van der Waals surface area contributed by atoms with Crippen molar-refractivity contribution in [3.8, 4) is 0 Å². The number of carbonyl (C=O) groups is 1. The van der Waals surface area contributed by atoms with Gasteiger partial charge in [-0.25, -0.2) is 4.79 Å². The SMILES string of the molecule is CN=C(NCCn1cccn1)N(C)CCC(NC(=O)OC(C)(C)C)C(C)C.I. The van der Waals surface area contributed by atoms with Crippen molar-refractivity contribution in [2.24, 2.45) is 10.9 Å². The number of ether oxygens (including phenoxy) is 1. The van der Waals surface area contributed by atoms with Gasteiger partial charge in [0.15, 0.2) is 5.96 Å². The first kappa shape index (κ1) is 26.5. The lowest BCUT2D eigenvalue weighted by Gasteiger charge is -2.28. The molecule has 0 saturated carbocycles. The van der Waals surface area contributed by atoms with E-state index in [-0.39, 0.29) is 36.1 Å². The molecule has 0 saturated heterocycles. The van der Waals surface area contributed by atoms with Crippen LogP contribution < -0.4 is 10.6 Å². The van der Waals surface area contributed by atoms with Gasteiger partial charge in [0.05, 0.1) is 6.54 Å². The van der Waals surface area contributed by atoms with Crippen LogP contribution in [-0.2, 0) is 11.3 Å². The molecule has 162 valence electrons. The van der Waals surface area contributed by atoms with Crippen LogP contribution in [0, 0.1) is 5.92 Å². The highest BCUT2D eigenvalue weighted by Crippen LogP contribution is 2.11. The van der Waals surface area contributed by atoms with Crippen molar-refractivity contribution in [3.63, 3.8) is 0 Å². The van der Waals surface area contributed by atoms with Gasteiger partial charge in [0.1, 0.15) is 5.60 Å².